The van der Waals surface area contributed by atoms with Crippen LogP contribution in [0, 0.1) is 0 Å². The number of hydrogen-bond donors (Lipinski definition) is 0. The van der Waals surface area contributed by atoms with Crippen LogP contribution in [0.5, 0.6) is 0 Å². The maximum atomic E-state index is 12.1. The van der Waals surface area contributed by atoms with Crippen molar-refractivity contribution in [2.45, 2.75) is 69.6 Å². The van der Waals surface area contributed by atoms with Crippen LogP contribution in [0.3, 0.4) is 0 Å². The van der Waals surface area contributed by atoms with Crippen molar-refractivity contribution in [3.63, 3.8) is 0 Å². The summed E-state index contributed by atoms with van der Waals surface area (Å²) < 4.78 is 24.3. The highest BCUT2D eigenvalue weighted by molar-refractivity contribution is 7.92. The maximum Gasteiger partial charge on any atom is 0.223 e. The van der Waals surface area contributed by atoms with Crippen LogP contribution in [0.1, 0.15) is 58.3 Å². The fourth-order valence-corrected chi connectivity index (χ4v) is 5.10. The third-order valence-corrected chi connectivity index (χ3v) is 6.79. The van der Waals surface area contributed by atoms with Gasteiger partial charge in [-0.2, -0.15) is 0 Å². The highest BCUT2D eigenvalue weighted by Crippen LogP contribution is 2.26. The molecule has 0 aromatic carbocycles. The van der Waals surface area contributed by atoms with Crippen molar-refractivity contribution in [1.82, 2.24) is 4.90 Å². The second-order valence-corrected chi connectivity index (χ2v) is 8.36. The zero-order valence-corrected chi connectivity index (χ0v) is 12.6. The summed E-state index contributed by atoms with van der Waals surface area (Å²) >= 11 is 0. The van der Waals surface area contributed by atoms with Crippen LogP contribution >= 0.6 is 0 Å². The number of carbonyl (C=O) groups is 1. The summed E-state index contributed by atoms with van der Waals surface area (Å²) in [6.07, 6.45) is 7.04. The average Bonchev–Trinajstić information content (AvgIpc) is 2.91. The number of amides is 1. The van der Waals surface area contributed by atoms with Crippen molar-refractivity contribution < 1.29 is 13.2 Å². The van der Waals surface area contributed by atoms with E-state index >= 15 is 0 Å². The Kier molecular flexibility index (Phi) is 4.87. The molecule has 1 saturated carbocycles. The van der Waals surface area contributed by atoms with Gasteiger partial charge >= 0.3 is 0 Å². The zero-order chi connectivity index (χ0) is 13.9. The van der Waals surface area contributed by atoms with Crippen LogP contribution < -0.4 is 0 Å². The summed E-state index contributed by atoms with van der Waals surface area (Å²) in [6, 6.07) is 0.274. The van der Waals surface area contributed by atoms with E-state index in [1.807, 2.05) is 4.90 Å². The Hall–Kier alpha value is -0.580. The van der Waals surface area contributed by atoms with E-state index in [0.29, 0.717) is 0 Å². The molecule has 0 unspecified atom stereocenters. The van der Waals surface area contributed by atoms with Gasteiger partial charge in [0.05, 0.1) is 11.0 Å². The highest BCUT2D eigenvalue weighted by atomic mass is 32.2. The molecule has 1 amide bonds. The van der Waals surface area contributed by atoms with Gasteiger partial charge in [-0.3, -0.25) is 4.79 Å². The quantitative estimate of drug-likeness (QED) is 0.796. The number of nitrogens with zero attached hydrogens (tertiary/aromatic N) is 1. The van der Waals surface area contributed by atoms with Crippen LogP contribution in [0.2, 0.25) is 0 Å². The molecule has 1 saturated heterocycles. The number of sulfone groups is 1. The fraction of sp³-hybridized carbons (Fsp3) is 0.929. The van der Waals surface area contributed by atoms with E-state index in [0.717, 1.165) is 45.1 Å². The van der Waals surface area contributed by atoms with E-state index in [9.17, 15) is 13.2 Å². The fourth-order valence-electron chi connectivity index (χ4n) is 3.26. The van der Waals surface area contributed by atoms with Crippen molar-refractivity contribution >= 4 is 15.7 Å². The minimum atomic E-state index is -3.06. The van der Waals surface area contributed by atoms with Gasteiger partial charge in [-0.25, -0.2) is 8.42 Å². The van der Waals surface area contributed by atoms with Crippen LogP contribution in [0.4, 0.5) is 0 Å². The molecule has 1 aliphatic carbocycles. The van der Waals surface area contributed by atoms with Crippen LogP contribution in [0.15, 0.2) is 0 Å². The van der Waals surface area contributed by atoms with Gasteiger partial charge in [-0.1, -0.05) is 12.8 Å². The molecule has 2 fully saturated rings. The second-order valence-electron chi connectivity index (χ2n) is 5.96. The molecule has 110 valence electrons. The van der Waals surface area contributed by atoms with Gasteiger partial charge in [0.25, 0.3) is 0 Å². The molecule has 4 nitrogen and oxygen atoms in total. The maximum absolute atomic E-state index is 12.1. The lowest BCUT2D eigenvalue weighted by molar-refractivity contribution is -0.133. The lowest BCUT2D eigenvalue weighted by Gasteiger charge is -2.33. The third kappa shape index (κ3) is 3.71. The zero-order valence-electron chi connectivity index (χ0n) is 11.8. The predicted molar refractivity (Wildman–Crippen MR) is 75.7 cm³/mol. The molecule has 2 aliphatic rings. The van der Waals surface area contributed by atoms with Crippen molar-refractivity contribution in [3.8, 4) is 0 Å². The van der Waals surface area contributed by atoms with Crippen LogP contribution in [0.25, 0.3) is 0 Å². The van der Waals surface area contributed by atoms with E-state index in [4.69, 9.17) is 0 Å². The van der Waals surface area contributed by atoms with Gasteiger partial charge in [0.1, 0.15) is 0 Å². The average molecular weight is 287 g/mol. The molecule has 1 aliphatic heterocycles. The molecule has 0 spiro atoms. The molecule has 0 radical (unpaired) electrons. The Morgan fingerprint density at radius 3 is 2.37 bits per heavy atom. The standard InChI is InChI=1S/C14H25NO3S/c1-12-6-4-5-10-15(12)14(16)9-11-19(17,18)13-7-2-3-8-13/h12-13H,2-11H2,1H3/t12-/m0/s1. The van der Waals surface area contributed by atoms with Crippen LogP contribution in [-0.4, -0.2) is 42.8 Å². The molecule has 1 atom stereocenters. The smallest absolute Gasteiger partial charge is 0.223 e. The monoisotopic (exact) mass is 287 g/mol. The first-order chi connectivity index (χ1) is 9.00. The van der Waals surface area contributed by atoms with Crippen molar-refractivity contribution in [1.29, 1.82) is 0 Å². The molecule has 1 heterocycles. The van der Waals surface area contributed by atoms with Crippen molar-refractivity contribution in [2.24, 2.45) is 0 Å². The van der Waals surface area contributed by atoms with Gasteiger partial charge in [0.15, 0.2) is 9.84 Å². The van der Waals surface area contributed by atoms with Gasteiger partial charge < -0.3 is 4.90 Å². The Balaban J connectivity index is 1.85. The summed E-state index contributed by atoms with van der Waals surface area (Å²) in [5, 5.41) is -0.181. The van der Waals surface area contributed by atoms with Crippen molar-refractivity contribution in [3.05, 3.63) is 0 Å². The molecular formula is C14H25NO3S. The minimum Gasteiger partial charge on any atom is -0.340 e. The summed E-state index contributed by atoms with van der Waals surface area (Å²) in [6.45, 7) is 2.85. The van der Waals surface area contributed by atoms with E-state index in [2.05, 4.69) is 6.92 Å². The largest absolute Gasteiger partial charge is 0.340 e. The Bertz CT molecular complexity index is 412. The lowest BCUT2D eigenvalue weighted by atomic mass is 10.0. The number of carbonyl (C=O) groups excluding carboxylic acids is 1. The van der Waals surface area contributed by atoms with E-state index in [1.165, 1.54) is 6.42 Å². The van der Waals surface area contributed by atoms with E-state index in [-0.39, 0.29) is 29.4 Å². The van der Waals surface area contributed by atoms with Gasteiger partial charge in [0.2, 0.25) is 5.91 Å². The highest BCUT2D eigenvalue weighted by Gasteiger charge is 2.30. The number of rotatable bonds is 4. The number of likely N-dealkylation sites (tertiary alicyclic amines) is 1. The first-order valence-corrected chi connectivity index (χ1v) is 9.23. The number of hydrogen-bond acceptors (Lipinski definition) is 3. The normalized spacial score (nSPS) is 25.7. The molecular weight excluding hydrogens is 262 g/mol. The number of piperidine rings is 1. The molecule has 5 heteroatoms. The van der Waals surface area contributed by atoms with Crippen molar-refractivity contribution in [2.75, 3.05) is 12.3 Å². The third-order valence-electron chi connectivity index (χ3n) is 4.53. The molecule has 0 aromatic heterocycles. The van der Waals surface area contributed by atoms with E-state index < -0.39 is 9.84 Å². The Morgan fingerprint density at radius 2 is 1.74 bits per heavy atom. The molecule has 2 rings (SSSR count). The summed E-state index contributed by atoms with van der Waals surface area (Å²) in [4.78, 5) is 14.0. The SMILES string of the molecule is C[C@H]1CCCCN1C(=O)CCS(=O)(=O)C1CCCC1. The van der Waals surface area contributed by atoms with Crippen LogP contribution in [-0.2, 0) is 14.6 Å². The summed E-state index contributed by atoms with van der Waals surface area (Å²) in [5.41, 5.74) is 0. The van der Waals surface area contributed by atoms with E-state index in [1.54, 1.807) is 0 Å². The Morgan fingerprint density at radius 1 is 1.11 bits per heavy atom. The second kappa shape index (κ2) is 6.25. The first-order valence-electron chi connectivity index (χ1n) is 7.52. The summed E-state index contributed by atoms with van der Waals surface area (Å²) in [5.74, 6) is 0.0634. The predicted octanol–water partition coefficient (Wildman–Crippen LogP) is 2.13. The molecule has 19 heavy (non-hydrogen) atoms. The molecule has 0 N–H and O–H groups in total. The molecule has 0 aromatic rings. The van der Waals surface area contributed by atoms with Gasteiger partial charge in [0, 0.05) is 19.0 Å². The lowest BCUT2D eigenvalue weighted by Crippen LogP contribution is -2.42. The van der Waals surface area contributed by atoms with Gasteiger partial charge in [-0.05, 0) is 39.0 Å². The topological polar surface area (TPSA) is 54.5 Å². The Labute approximate surface area is 116 Å². The minimum absolute atomic E-state index is 0.0220. The summed E-state index contributed by atoms with van der Waals surface area (Å²) in [7, 11) is -3.06. The first kappa shape index (κ1) is 14.8. The molecule has 0 bridgehead atoms. The van der Waals surface area contributed by atoms with Gasteiger partial charge in [-0.15, -0.1) is 0 Å².